The SMILES string of the molecule is COc1ccc(Br)c(/C=C/C(=O)O)c1[N+](=O)[O-]. The van der Waals surface area contributed by atoms with Crippen LogP contribution >= 0.6 is 15.9 Å². The quantitative estimate of drug-likeness (QED) is 0.524. The van der Waals surface area contributed by atoms with E-state index >= 15 is 0 Å². The van der Waals surface area contributed by atoms with Crippen molar-refractivity contribution >= 4 is 33.7 Å². The number of methoxy groups -OCH3 is 1. The van der Waals surface area contributed by atoms with Crippen LogP contribution in [0.2, 0.25) is 0 Å². The number of nitro groups is 1. The lowest BCUT2D eigenvalue weighted by atomic mass is 10.1. The molecular weight excluding hydrogens is 294 g/mol. The predicted molar refractivity (Wildman–Crippen MR) is 64.0 cm³/mol. The lowest BCUT2D eigenvalue weighted by Gasteiger charge is -2.05. The highest BCUT2D eigenvalue weighted by Gasteiger charge is 2.21. The van der Waals surface area contributed by atoms with Gasteiger partial charge in [0, 0.05) is 10.5 Å². The van der Waals surface area contributed by atoms with E-state index in [9.17, 15) is 14.9 Å². The smallest absolute Gasteiger partial charge is 0.328 e. The Balaban J connectivity index is 3.44. The molecule has 90 valence electrons. The fraction of sp³-hybridized carbons (Fsp3) is 0.100. The van der Waals surface area contributed by atoms with Gasteiger partial charge in [-0.3, -0.25) is 10.1 Å². The average Bonchev–Trinajstić information content (AvgIpc) is 2.26. The van der Waals surface area contributed by atoms with Gasteiger partial charge < -0.3 is 9.84 Å². The summed E-state index contributed by atoms with van der Waals surface area (Å²) in [5, 5.41) is 19.4. The minimum Gasteiger partial charge on any atom is -0.490 e. The topological polar surface area (TPSA) is 89.7 Å². The van der Waals surface area contributed by atoms with Crippen molar-refractivity contribution in [2.24, 2.45) is 0 Å². The zero-order valence-electron chi connectivity index (χ0n) is 8.71. The summed E-state index contributed by atoms with van der Waals surface area (Å²) in [7, 11) is 1.31. The fourth-order valence-corrected chi connectivity index (χ4v) is 1.68. The summed E-state index contributed by atoms with van der Waals surface area (Å²) in [5.74, 6) is -1.11. The van der Waals surface area contributed by atoms with Crippen LogP contribution in [-0.4, -0.2) is 23.1 Å². The largest absolute Gasteiger partial charge is 0.490 e. The van der Waals surface area contributed by atoms with E-state index in [4.69, 9.17) is 9.84 Å². The molecule has 7 heteroatoms. The van der Waals surface area contributed by atoms with Crippen molar-refractivity contribution < 1.29 is 19.6 Å². The summed E-state index contributed by atoms with van der Waals surface area (Å²) >= 11 is 3.12. The molecule has 0 unspecified atom stereocenters. The molecule has 0 radical (unpaired) electrons. The van der Waals surface area contributed by atoms with Crippen LogP contribution in [0.15, 0.2) is 22.7 Å². The second kappa shape index (κ2) is 5.44. The van der Waals surface area contributed by atoms with Crippen LogP contribution in [0.5, 0.6) is 5.75 Å². The number of rotatable bonds is 4. The molecule has 0 fully saturated rings. The molecule has 0 atom stereocenters. The molecule has 17 heavy (non-hydrogen) atoms. The molecule has 0 aliphatic rings. The number of carboxylic acid groups (broad SMARTS) is 1. The summed E-state index contributed by atoms with van der Waals surface area (Å²) in [6.45, 7) is 0. The third kappa shape index (κ3) is 3.04. The molecule has 0 saturated heterocycles. The van der Waals surface area contributed by atoms with Crippen LogP contribution in [0.25, 0.3) is 6.08 Å². The van der Waals surface area contributed by atoms with E-state index in [1.54, 1.807) is 6.07 Å². The normalized spacial score (nSPS) is 10.5. The van der Waals surface area contributed by atoms with Gasteiger partial charge in [0.1, 0.15) is 0 Å². The monoisotopic (exact) mass is 301 g/mol. The molecule has 0 aliphatic carbocycles. The molecule has 1 N–H and O–H groups in total. The van der Waals surface area contributed by atoms with E-state index < -0.39 is 10.9 Å². The number of benzene rings is 1. The second-order valence-electron chi connectivity index (χ2n) is 2.94. The highest BCUT2D eigenvalue weighted by Crippen LogP contribution is 2.36. The first-order valence-electron chi connectivity index (χ1n) is 4.39. The van der Waals surface area contributed by atoms with E-state index in [0.29, 0.717) is 4.47 Å². The molecule has 0 bridgehead atoms. The Hall–Kier alpha value is -1.89. The van der Waals surface area contributed by atoms with Crippen LogP contribution in [0.1, 0.15) is 5.56 Å². The molecule has 0 saturated carbocycles. The zero-order valence-corrected chi connectivity index (χ0v) is 10.3. The number of carboxylic acids is 1. The summed E-state index contributed by atoms with van der Waals surface area (Å²) < 4.78 is 5.28. The number of halogens is 1. The maximum absolute atomic E-state index is 10.9. The molecule has 1 rings (SSSR count). The van der Waals surface area contributed by atoms with Gasteiger partial charge in [-0.05, 0) is 34.1 Å². The molecule has 1 aromatic rings. The van der Waals surface area contributed by atoms with E-state index in [2.05, 4.69) is 15.9 Å². The Bertz CT molecular complexity index is 498. The summed E-state index contributed by atoms with van der Waals surface area (Å²) in [6, 6.07) is 2.98. The van der Waals surface area contributed by atoms with Crippen LogP contribution in [0.4, 0.5) is 5.69 Å². The van der Waals surface area contributed by atoms with Crippen LogP contribution in [0, 0.1) is 10.1 Å². The number of hydrogen-bond donors (Lipinski definition) is 1. The third-order valence-corrected chi connectivity index (χ3v) is 2.61. The summed E-state index contributed by atoms with van der Waals surface area (Å²) in [6.07, 6.45) is 1.97. The van der Waals surface area contributed by atoms with Crippen LogP contribution in [-0.2, 0) is 4.79 Å². The van der Waals surface area contributed by atoms with Gasteiger partial charge >= 0.3 is 11.7 Å². The van der Waals surface area contributed by atoms with Gasteiger partial charge in [-0.25, -0.2) is 4.79 Å². The molecule has 0 aromatic heterocycles. The minimum atomic E-state index is -1.19. The molecule has 0 spiro atoms. The Morgan fingerprint density at radius 1 is 1.59 bits per heavy atom. The minimum absolute atomic E-state index is 0.0724. The van der Waals surface area contributed by atoms with Crippen molar-refractivity contribution in [1.29, 1.82) is 0 Å². The van der Waals surface area contributed by atoms with Crippen molar-refractivity contribution in [2.45, 2.75) is 0 Å². The number of nitrogens with zero attached hydrogens (tertiary/aromatic N) is 1. The molecule has 0 heterocycles. The first-order chi connectivity index (χ1) is 7.97. The molecule has 0 aliphatic heterocycles. The molecule has 1 aromatic carbocycles. The maximum atomic E-state index is 10.9. The van der Waals surface area contributed by atoms with Gasteiger partial charge in [-0.2, -0.15) is 0 Å². The van der Waals surface area contributed by atoms with E-state index in [1.807, 2.05) is 0 Å². The van der Waals surface area contributed by atoms with Crippen LogP contribution in [0.3, 0.4) is 0 Å². The highest BCUT2D eigenvalue weighted by atomic mass is 79.9. The fourth-order valence-electron chi connectivity index (χ4n) is 1.23. The molecule has 6 nitrogen and oxygen atoms in total. The number of aliphatic carboxylic acids is 1. The zero-order chi connectivity index (χ0) is 13.0. The number of ether oxygens (including phenoxy) is 1. The Morgan fingerprint density at radius 3 is 2.71 bits per heavy atom. The standard InChI is InChI=1S/C10H8BrNO5/c1-17-8-4-3-7(11)6(2-5-9(13)14)10(8)12(15)16/h2-5H,1H3,(H,13,14)/b5-2+. The lowest BCUT2D eigenvalue weighted by molar-refractivity contribution is -0.386. The first kappa shape index (κ1) is 13.2. The van der Waals surface area contributed by atoms with Crippen molar-refractivity contribution in [3.05, 3.63) is 38.4 Å². The first-order valence-corrected chi connectivity index (χ1v) is 5.18. The van der Waals surface area contributed by atoms with Crippen LogP contribution < -0.4 is 4.74 Å². The van der Waals surface area contributed by atoms with Gasteiger partial charge in [0.2, 0.25) is 0 Å². The number of hydrogen-bond acceptors (Lipinski definition) is 4. The van der Waals surface area contributed by atoms with Crippen molar-refractivity contribution in [3.63, 3.8) is 0 Å². The van der Waals surface area contributed by atoms with Gasteiger partial charge in [0.05, 0.1) is 17.6 Å². The van der Waals surface area contributed by atoms with Crippen molar-refractivity contribution in [2.75, 3.05) is 7.11 Å². The highest BCUT2D eigenvalue weighted by molar-refractivity contribution is 9.10. The predicted octanol–water partition coefficient (Wildman–Crippen LogP) is 2.46. The number of carbonyl (C=O) groups is 1. The summed E-state index contributed by atoms with van der Waals surface area (Å²) in [4.78, 5) is 20.7. The molecular formula is C10H8BrNO5. The van der Waals surface area contributed by atoms with Gasteiger partial charge in [0.15, 0.2) is 5.75 Å². The Kier molecular flexibility index (Phi) is 4.22. The van der Waals surface area contributed by atoms with E-state index in [-0.39, 0.29) is 17.0 Å². The maximum Gasteiger partial charge on any atom is 0.328 e. The van der Waals surface area contributed by atoms with E-state index in [0.717, 1.165) is 12.2 Å². The van der Waals surface area contributed by atoms with Crippen molar-refractivity contribution in [1.82, 2.24) is 0 Å². The Morgan fingerprint density at radius 2 is 2.24 bits per heavy atom. The molecule has 0 amide bonds. The Labute approximate surface area is 105 Å². The average molecular weight is 302 g/mol. The van der Waals surface area contributed by atoms with Crippen molar-refractivity contribution in [3.8, 4) is 5.75 Å². The van der Waals surface area contributed by atoms with E-state index in [1.165, 1.54) is 13.2 Å². The summed E-state index contributed by atoms with van der Waals surface area (Å²) in [5.41, 5.74) is -0.129. The van der Waals surface area contributed by atoms with Gasteiger partial charge in [-0.15, -0.1) is 0 Å². The van der Waals surface area contributed by atoms with Gasteiger partial charge in [-0.1, -0.05) is 0 Å². The third-order valence-electron chi connectivity index (χ3n) is 1.92. The van der Waals surface area contributed by atoms with Gasteiger partial charge in [0.25, 0.3) is 0 Å². The lowest BCUT2D eigenvalue weighted by Crippen LogP contribution is -1.97. The number of nitro benzene ring substituents is 1. The second-order valence-corrected chi connectivity index (χ2v) is 3.79.